The number of hydroxylamine groups is 1. The van der Waals surface area contributed by atoms with Crippen molar-refractivity contribution in [1.82, 2.24) is 5.48 Å². The highest BCUT2D eigenvalue weighted by Crippen LogP contribution is 2.09. The number of nitrogens with one attached hydrogen (secondary N) is 1. The number of carbonyl (C=O) groups is 2. The molecule has 114 valence electrons. The maximum absolute atomic E-state index is 11.8. The van der Waals surface area contributed by atoms with Crippen molar-refractivity contribution >= 4 is 11.9 Å². The molecule has 0 aliphatic heterocycles. The second kappa shape index (κ2) is 7.41. The van der Waals surface area contributed by atoms with Crippen LogP contribution in [0.1, 0.15) is 22.3 Å². The van der Waals surface area contributed by atoms with Gasteiger partial charge in [0, 0.05) is 0 Å². The number of amides is 1. The number of carbonyl (C=O) groups excluding carboxylic acids is 2. The average Bonchev–Trinajstić information content (AvgIpc) is 2.50. The Morgan fingerprint density at radius 3 is 1.91 bits per heavy atom. The van der Waals surface area contributed by atoms with Crippen molar-refractivity contribution in [1.29, 1.82) is 0 Å². The van der Waals surface area contributed by atoms with E-state index >= 15 is 0 Å². The van der Waals surface area contributed by atoms with Gasteiger partial charge in [0.1, 0.15) is 0 Å². The maximum atomic E-state index is 11.8. The number of hydrogen-bond acceptors (Lipinski definition) is 3. The van der Waals surface area contributed by atoms with Crippen molar-refractivity contribution in [2.24, 2.45) is 0 Å². The van der Waals surface area contributed by atoms with E-state index in [-0.39, 0.29) is 18.7 Å². The minimum atomic E-state index is -0.479. The molecule has 0 bridgehead atoms. The Balaban J connectivity index is 1.82. The van der Waals surface area contributed by atoms with Gasteiger partial charge in [0.2, 0.25) is 0 Å². The third-order valence-corrected chi connectivity index (χ3v) is 3.49. The molecule has 0 unspecified atom stereocenters. The van der Waals surface area contributed by atoms with E-state index in [0.29, 0.717) is 0 Å². The Bertz CT molecular complexity index is 620. The Hall–Kier alpha value is -2.62. The van der Waals surface area contributed by atoms with E-state index in [1.807, 2.05) is 62.4 Å². The molecular weight excluding hydrogens is 278 g/mol. The van der Waals surface area contributed by atoms with Crippen molar-refractivity contribution in [2.75, 3.05) is 0 Å². The molecule has 0 saturated carbocycles. The molecule has 2 aromatic rings. The first-order chi connectivity index (χ1) is 10.6. The van der Waals surface area contributed by atoms with Gasteiger partial charge in [-0.1, -0.05) is 48.5 Å². The lowest BCUT2D eigenvalue weighted by atomic mass is 10.1. The number of benzene rings is 2. The van der Waals surface area contributed by atoms with E-state index in [1.54, 1.807) is 0 Å². The number of hydrogen-bond donors (Lipinski definition) is 1. The van der Waals surface area contributed by atoms with Crippen molar-refractivity contribution < 1.29 is 14.4 Å². The molecule has 0 aromatic heterocycles. The standard InChI is InChI=1S/C18H19NO3/c1-13-7-3-5-9-15(13)11-17(20)19-22-18(21)12-16-10-6-4-8-14(16)2/h3-10H,11-12H2,1-2H3,(H,19,20). The topological polar surface area (TPSA) is 55.4 Å². The van der Waals surface area contributed by atoms with E-state index in [4.69, 9.17) is 4.84 Å². The molecule has 1 amide bonds. The lowest BCUT2D eigenvalue weighted by molar-refractivity contribution is -0.157. The first-order valence-electron chi connectivity index (χ1n) is 7.14. The van der Waals surface area contributed by atoms with Crippen LogP contribution in [-0.2, 0) is 27.3 Å². The van der Waals surface area contributed by atoms with Crippen LogP contribution in [0.25, 0.3) is 0 Å². The van der Waals surface area contributed by atoms with Crippen LogP contribution in [0.4, 0.5) is 0 Å². The first-order valence-corrected chi connectivity index (χ1v) is 7.14. The maximum Gasteiger partial charge on any atom is 0.336 e. The van der Waals surface area contributed by atoms with Crippen LogP contribution in [0.3, 0.4) is 0 Å². The highest BCUT2D eigenvalue weighted by atomic mass is 16.7. The van der Waals surface area contributed by atoms with Crippen LogP contribution in [0.15, 0.2) is 48.5 Å². The Kier molecular flexibility index (Phi) is 5.31. The van der Waals surface area contributed by atoms with Gasteiger partial charge in [0.05, 0.1) is 12.8 Å². The lowest BCUT2D eigenvalue weighted by Gasteiger charge is -2.08. The van der Waals surface area contributed by atoms with Crippen LogP contribution < -0.4 is 5.48 Å². The fraction of sp³-hybridized carbons (Fsp3) is 0.222. The summed E-state index contributed by atoms with van der Waals surface area (Å²) in [7, 11) is 0. The van der Waals surface area contributed by atoms with E-state index < -0.39 is 5.97 Å². The van der Waals surface area contributed by atoms with Crippen molar-refractivity contribution in [3.8, 4) is 0 Å². The summed E-state index contributed by atoms with van der Waals surface area (Å²) in [5.41, 5.74) is 6.06. The Morgan fingerprint density at radius 1 is 0.864 bits per heavy atom. The molecule has 0 aliphatic rings. The van der Waals surface area contributed by atoms with Crippen molar-refractivity contribution in [2.45, 2.75) is 26.7 Å². The van der Waals surface area contributed by atoms with Gasteiger partial charge in [0.25, 0.3) is 5.91 Å². The predicted molar refractivity (Wildman–Crippen MR) is 84.0 cm³/mol. The third-order valence-electron chi connectivity index (χ3n) is 3.49. The van der Waals surface area contributed by atoms with Crippen molar-refractivity contribution in [3.63, 3.8) is 0 Å². The molecule has 0 spiro atoms. The highest BCUT2D eigenvalue weighted by Gasteiger charge is 2.10. The van der Waals surface area contributed by atoms with E-state index in [0.717, 1.165) is 22.3 Å². The zero-order chi connectivity index (χ0) is 15.9. The number of rotatable bonds is 4. The zero-order valence-electron chi connectivity index (χ0n) is 12.8. The number of aryl methyl sites for hydroxylation is 2. The molecule has 0 atom stereocenters. The predicted octanol–water partition coefficient (Wildman–Crippen LogP) is 2.66. The summed E-state index contributed by atoms with van der Waals surface area (Å²) in [5, 5.41) is 0. The van der Waals surface area contributed by atoms with Gasteiger partial charge in [-0.2, -0.15) is 5.48 Å². The second-order valence-electron chi connectivity index (χ2n) is 5.21. The molecule has 22 heavy (non-hydrogen) atoms. The fourth-order valence-corrected chi connectivity index (χ4v) is 2.13. The molecule has 1 N–H and O–H groups in total. The summed E-state index contributed by atoms with van der Waals surface area (Å²) in [6.07, 6.45) is 0.321. The fourth-order valence-electron chi connectivity index (χ4n) is 2.13. The van der Waals surface area contributed by atoms with Gasteiger partial charge in [-0.15, -0.1) is 0 Å². The molecule has 2 rings (SSSR count). The summed E-state index contributed by atoms with van der Waals surface area (Å²) in [6.45, 7) is 3.87. The molecule has 0 aliphatic carbocycles. The summed E-state index contributed by atoms with van der Waals surface area (Å²) in [4.78, 5) is 28.4. The normalized spacial score (nSPS) is 10.1. The van der Waals surface area contributed by atoms with Gasteiger partial charge in [-0.3, -0.25) is 4.79 Å². The minimum absolute atomic E-state index is 0.136. The van der Waals surface area contributed by atoms with Gasteiger partial charge >= 0.3 is 5.97 Å². The molecular formula is C18H19NO3. The average molecular weight is 297 g/mol. The van der Waals surface area contributed by atoms with Gasteiger partial charge in [0.15, 0.2) is 0 Å². The summed E-state index contributed by atoms with van der Waals surface area (Å²) in [6, 6.07) is 15.2. The van der Waals surface area contributed by atoms with E-state index in [9.17, 15) is 9.59 Å². The molecule has 4 nitrogen and oxygen atoms in total. The van der Waals surface area contributed by atoms with E-state index in [1.165, 1.54) is 0 Å². The van der Waals surface area contributed by atoms with Crippen LogP contribution in [0, 0.1) is 13.8 Å². The first kappa shape index (κ1) is 15.8. The van der Waals surface area contributed by atoms with Crippen LogP contribution in [0.2, 0.25) is 0 Å². The van der Waals surface area contributed by atoms with Gasteiger partial charge in [-0.05, 0) is 36.1 Å². The van der Waals surface area contributed by atoms with Gasteiger partial charge in [-0.25, -0.2) is 4.79 Å². The second-order valence-corrected chi connectivity index (χ2v) is 5.21. The molecule has 0 saturated heterocycles. The lowest BCUT2D eigenvalue weighted by Crippen LogP contribution is -2.29. The van der Waals surface area contributed by atoms with Crippen LogP contribution in [-0.4, -0.2) is 11.9 Å². The summed E-state index contributed by atoms with van der Waals surface area (Å²) in [5.74, 6) is -0.820. The highest BCUT2D eigenvalue weighted by molar-refractivity contribution is 5.80. The molecule has 0 heterocycles. The SMILES string of the molecule is Cc1ccccc1CC(=O)NOC(=O)Cc1ccccc1C. The van der Waals surface area contributed by atoms with Crippen LogP contribution in [0.5, 0.6) is 0 Å². The molecule has 0 radical (unpaired) electrons. The Labute approximate surface area is 130 Å². The molecule has 4 heteroatoms. The molecule has 2 aromatic carbocycles. The largest absolute Gasteiger partial charge is 0.340 e. The monoisotopic (exact) mass is 297 g/mol. The third kappa shape index (κ3) is 4.45. The summed E-state index contributed by atoms with van der Waals surface area (Å²) >= 11 is 0. The van der Waals surface area contributed by atoms with E-state index in [2.05, 4.69) is 5.48 Å². The minimum Gasteiger partial charge on any atom is -0.340 e. The van der Waals surface area contributed by atoms with Crippen LogP contribution >= 0.6 is 0 Å². The summed E-state index contributed by atoms with van der Waals surface area (Å²) < 4.78 is 0. The zero-order valence-corrected chi connectivity index (χ0v) is 12.8. The smallest absolute Gasteiger partial charge is 0.336 e. The van der Waals surface area contributed by atoms with Gasteiger partial charge < -0.3 is 4.84 Å². The molecule has 0 fully saturated rings. The Morgan fingerprint density at radius 2 is 1.36 bits per heavy atom. The van der Waals surface area contributed by atoms with Crippen molar-refractivity contribution in [3.05, 3.63) is 70.8 Å². The quantitative estimate of drug-likeness (QED) is 0.883.